The van der Waals surface area contributed by atoms with Crippen molar-refractivity contribution in [2.45, 2.75) is 20.8 Å². The van der Waals surface area contributed by atoms with Crippen LogP contribution < -0.4 is 9.46 Å². The van der Waals surface area contributed by atoms with Gasteiger partial charge in [0.25, 0.3) is 0 Å². The zero-order chi connectivity index (χ0) is 12.9. The van der Waals surface area contributed by atoms with Crippen molar-refractivity contribution in [3.8, 4) is 5.75 Å². The number of hydrogen-bond acceptors (Lipinski definition) is 3. The summed E-state index contributed by atoms with van der Waals surface area (Å²) < 4.78 is 31.2. The molecule has 0 aliphatic heterocycles. The van der Waals surface area contributed by atoms with Gasteiger partial charge >= 0.3 is 0 Å². The quantitative estimate of drug-likeness (QED) is 0.851. The normalized spacial score (nSPS) is 11.5. The fourth-order valence-electron chi connectivity index (χ4n) is 1.45. The summed E-state index contributed by atoms with van der Waals surface area (Å²) in [6, 6.07) is 6.89. The summed E-state index contributed by atoms with van der Waals surface area (Å²) in [4.78, 5) is 0. The molecule has 0 spiro atoms. The average molecular weight is 257 g/mol. The number of ether oxygens (including phenoxy) is 1. The lowest BCUT2D eigenvalue weighted by Crippen LogP contribution is -2.19. The monoisotopic (exact) mass is 257 g/mol. The van der Waals surface area contributed by atoms with E-state index in [9.17, 15) is 8.42 Å². The minimum Gasteiger partial charge on any atom is -0.494 e. The van der Waals surface area contributed by atoms with Crippen LogP contribution in [0.3, 0.4) is 0 Å². The van der Waals surface area contributed by atoms with Crippen molar-refractivity contribution in [3.05, 3.63) is 24.3 Å². The molecule has 4 nitrogen and oxygen atoms in total. The summed E-state index contributed by atoms with van der Waals surface area (Å²) in [5, 5.41) is 0. The van der Waals surface area contributed by atoms with Crippen LogP contribution in [0.5, 0.6) is 5.75 Å². The molecule has 0 radical (unpaired) electrons. The Kier molecular flexibility index (Phi) is 4.81. The molecule has 0 amide bonds. The van der Waals surface area contributed by atoms with E-state index in [4.69, 9.17) is 4.74 Å². The smallest absolute Gasteiger partial charge is 0.232 e. The molecule has 1 rings (SSSR count). The van der Waals surface area contributed by atoms with Gasteiger partial charge in [0.2, 0.25) is 10.0 Å². The van der Waals surface area contributed by atoms with Gasteiger partial charge in [-0.25, -0.2) is 8.42 Å². The number of anilines is 1. The van der Waals surface area contributed by atoms with Crippen molar-refractivity contribution < 1.29 is 13.2 Å². The lowest BCUT2D eigenvalue weighted by atomic mass is 10.3. The summed E-state index contributed by atoms with van der Waals surface area (Å²) in [5.74, 6) is 0.967. The van der Waals surface area contributed by atoms with Gasteiger partial charge in [0, 0.05) is 5.69 Å². The molecule has 1 N–H and O–H groups in total. The Morgan fingerprint density at radius 1 is 1.24 bits per heavy atom. The third-order valence-corrected chi connectivity index (χ3v) is 3.64. The number of hydrogen-bond donors (Lipinski definition) is 1. The highest BCUT2D eigenvalue weighted by molar-refractivity contribution is 7.92. The highest BCUT2D eigenvalue weighted by atomic mass is 32.2. The van der Waals surface area contributed by atoms with Crippen molar-refractivity contribution in [2.75, 3.05) is 17.1 Å². The summed E-state index contributed by atoms with van der Waals surface area (Å²) in [6.45, 7) is 6.24. The second kappa shape index (κ2) is 5.91. The van der Waals surface area contributed by atoms with Gasteiger partial charge < -0.3 is 4.74 Å². The minimum atomic E-state index is -3.25. The van der Waals surface area contributed by atoms with Crippen molar-refractivity contribution in [1.82, 2.24) is 0 Å². The van der Waals surface area contributed by atoms with Crippen LogP contribution >= 0.6 is 0 Å². The van der Waals surface area contributed by atoms with Crippen LogP contribution in [0.15, 0.2) is 24.3 Å². The van der Waals surface area contributed by atoms with Crippen molar-refractivity contribution in [2.24, 2.45) is 5.92 Å². The first-order chi connectivity index (χ1) is 7.93. The van der Waals surface area contributed by atoms with E-state index in [-0.39, 0.29) is 11.7 Å². The Labute approximate surface area is 103 Å². The summed E-state index contributed by atoms with van der Waals surface area (Å²) in [5.41, 5.74) is 0.564. The van der Waals surface area contributed by atoms with Gasteiger partial charge in [0.05, 0.1) is 12.4 Å². The molecule has 0 bridgehead atoms. The third-order valence-electron chi connectivity index (χ3n) is 1.99. The van der Waals surface area contributed by atoms with Crippen LogP contribution in [0, 0.1) is 5.92 Å². The Hall–Kier alpha value is -1.23. The molecule has 0 saturated carbocycles. The van der Waals surface area contributed by atoms with E-state index in [2.05, 4.69) is 4.72 Å². The Bertz CT molecular complexity index is 437. The van der Waals surface area contributed by atoms with Gasteiger partial charge in [-0.1, -0.05) is 13.8 Å². The van der Waals surface area contributed by atoms with E-state index in [1.807, 2.05) is 20.8 Å². The van der Waals surface area contributed by atoms with E-state index >= 15 is 0 Å². The third kappa shape index (κ3) is 5.08. The molecule has 96 valence electrons. The van der Waals surface area contributed by atoms with Gasteiger partial charge in [-0.05, 0) is 37.1 Å². The fraction of sp³-hybridized carbons (Fsp3) is 0.500. The van der Waals surface area contributed by atoms with E-state index in [1.165, 1.54) is 0 Å². The van der Waals surface area contributed by atoms with Gasteiger partial charge in [-0.3, -0.25) is 4.72 Å². The van der Waals surface area contributed by atoms with E-state index in [0.717, 1.165) is 5.75 Å². The van der Waals surface area contributed by atoms with Crippen molar-refractivity contribution >= 4 is 15.7 Å². The summed E-state index contributed by atoms with van der Waals surface area (Å²) in [7, 11) is -3.25. The molecule has 0 aromatic heterocycles. The standard InChI is InChI=1S/C12H19NO3S/c1-4-16-12-7-5-11(6-8-12)13-17(14,15)9-10(2)3/h5-8,10,13H,4,9H2,1-3H3. The zero-order valence-corrected chi connectivity index (χ0v) is 11.3. The van der Waals surface area contributed by atoms with Crippen LogP contribution in [0.1, 0.15) is 20.8 Å². The first kappa shape index (κ1) is 13.8. The summed E-state index contributed by atoms with van der Waals surface area (Å²) in [6.07, 6.45) is 0. The molecule has 0 aliphatic rings. The Morgan fingerprint density at radius 2 is 1.82 bits per heavy atom. The van der Waals surface area contributed by atoms with Crippen LogP contribution in [0.4, 0.5) is 5.69 Å². The molecule has 0 atom stereocenters. The van der Waals surface area contributed by atoms with E-state index in [1.54, 1.807) is 24.3 Å². The maximum absolute atomic E-state index is 11.7. The van der Waals surface area contributed by atoms with Crippen LogP contribution in [0.25, 0.3) is 0 Å². The fourth-order valence-corrected chi connectivity index (χ4v) is 2.90. The van der Waals surface area contributed by atoms with Gasteiger partial charge in [0.15, 0.2) is 0 Å². The predicted molar refractivity (Wildman–Crippen MR) is 69.9 cm³/mol. The predicted octanol–water partition coefficient (Wildman–Crippen LogP) is 2.48. The van der Waals surface area contributed by atoms with Crippen molar-refractivity contribution in [1.29, 1.82) is 0 Å². The van der Waals surface area contributed by atoms with E-state index in [0.29, 0.717) is 12.3 Å². The number of sulfonamides is 1. The molecular formula is C12H19NO3S. The zero-order valence-electron chi connectivity index (χ0n) is 10.4. The second-order valence-electron chi connectivity index (χ2n) is 4.23. The number of nitrogens with one attached hydrogen (secondary N) is 1. The molecular weight excluding hydrogens is 238 g/mol. The first-order valence-corrected chi connectivity index (χ1v) is 7.31. The number of rotatable bonds is 6. The Morgan fingerprint density at radius 3 is 2.29 bits per heavy atom. The lowest BCUT2D eigenvalue weighted by molar-refractivity contribution is 0.340. The minimum absolute atomic E-state index is 0.107. The SMILES string of the molecule is CCOc1ccc(NS(=O)(=O)CC(C)C)cc1. The van der Waals surface area contributed by atoms with Gasteiger partial charge in [0.1, 0.15) is 5.75 Å². The van der Waals surface area contributed by atoms with Crippen LogP contribution in [0.2, 0.25) is 0 Å². The van der Waals surface area contributed by atoms with Crippen LogP contribution in [-0.2, 0) is 10.0 Å². The highest BCUT2D eigenvalue weighted by Gasteiger charge is 2.12. The lowest BCUT2D eigenvalue weighted by Gasteiger charge is -2.10. The Balaban J connectivity index is 2.69. The van der Waals surface area contributed by atoms with Crippen molar-refractivity contribution in [3.63, 3.8) is 0 Å². The van der Waals surface area contributed by atoms with Gasteiger partial charge in [-0.2, -0.15) is 0 Å². The largest absolute Gasteiger partial charge is 0.494 e. The maximum atomic E-state index is 11.7. The molecule has 0 fully saturated rings. The number of benzene rings is 1. The molecule has 17 heavy (non-hydrogen) atoms. The molecule has 0 saturated heterocycles. The van der Waals surface area contributed by atoms with Crippen LogP contribution in [-0.4, -0.2) is 20.8 Å². The highest BCUT2D eigenvalue weighted by Crippen LogP contribution is 2.17. The molecule has 0 aliphatic carbocycles. The van der Waals surface area contributed by atoms with E-state index < -0.39 is 10.0 Å². The molecule has 1 aromatic carbocycles. The molecule has 1 aromatic rings. The maximum Gasteiger partial charge on any atom is 0.232 e. The van der Waals surface area contributed by atoms with Gasteiger partial charge in [-0.15, -0.1) is 0 Å². The average Bonchev–Trinajstić information content (AvgIpc) is 2.18. The molecule has 0 heterocycles. The molecule has 0 unspecified atom stereocenters. The molecule has 5 heteroatoms. The summed E-state index contributed by atoms with van der Waals surface area (Å²) >= 11 is 0. The topological polar surface area (TPSA) is 55.4 Å². The first-order valence-electron chi connectivity index (χ1n) is 5.66. The second-order valence-corrected chi connectivity index (χ2v) is 6.00.